The zero-order chi connectivity index (χ0) is 19.8. The number of hydrogen-bond donors (Lipinski definition) is 1. The number of hydrogen-bond acceptors (Lipinski definition) is 3. The molecule has 0 spiro atoms. The molecule has 0 saturated heterocycles. The van der Waals surface area contributed by atoms with Crippen molar-refractivity contribution >= 4 is 23.6 Å². The largest absolute Gasteiger partial charge is 0.463 e. The summed E-state index contributed by atoms with van der Waals surface area (Å²) in [6.45, 7) is 2.11. The van der Waals surface area contributed by atoms with Gasteiger partial charge in [-0.25, -0.2) is 4.79 Å². The maximum atomic E-state index is 12.3. The predicted molar refractivity (Wildman–Crippen MR) is 110 cm³/mol. The van der Waals surface area contributed by atoms with Gasteiger partial charge in [-0.1, -0.05) is 24.3 Å². The van der Waals surface area contributed by atoms with Crippen LogP contribution in [-0.4, -0.2) is 23.1 Å². The average Bonchev–Trinajstić information content (AvgIpc) is 3.23. The molecule has 5 nitrogen and oxygen atoms in total. The minimum absolute atomic E-state index is 0.0801. The fourth-order valence-electron chi connectivity index (χ4n) is 2.72. The van der Waals surface area contributed by atoms with Crippen LogP contribution in [0.3, 0.4) is 0 Å². The van der Waals surface area contributed by atoms with Crippen LogP contribution in [0.1, 0.15) is 18.1 Å². The maximum absolute atomic E-state index is 12.3. The second-order valence-electron chi connectivity index (χ2n) is 6.19. The standard InChI is InChI=1S/C23H22N2O3/c1-2-28-23(27)14-9-18-5-10-20(11-6-18)24-22(26)17-19-7-12-21(13-8-19)25-15-3-4-16-25/h3-16H,2,17H2,1H3,(H,24,26)/b14-9+. The van der Waals surface area contributed by atoms with Crippen molar-refractivity contribution in [1.82, 2.24) is 4.57 Å². The lowest BCUT2D eigenvalue weighted by atomic mass is 10.1. The molecule has 1 N–H and O–H groups in total. The molecular weight excluding hydrogens is 352 g/mol. The lowest BCUT2D eigenvalue weighted by Crippen LogP contribution is -2.14. The highest BCUT2D eigenvalue weighted by molar-refractivity contribution is 5.92. The van der Waals surface area contributed by atoms with Gasteiger partial charge in [-0.3, -0.25) is 4.79 Å². The molecule has 28 heavy (non-hydrogen) atoms. The van der Waals surface area contributed by atoms with Crippen LogP contribution in [0.25, 0.3) is 11.8 Å². The molecule has 0 bridgehead atoms. The van der Waals surface area contributed by atoms with Gasteiger partial charge in [-0.15, -0.1) is 0 Å². The van der Waals surface area contributed by atoms with Gasteiger partial charge < -0.3 is 14.6 Å². The van der Waals surface area contributed by atoms with Gasteiger partial charge in [0.1, 0.15) is 0 Å². The topological polar surface area (TPSA) is 60.3 Å². The SMILES string of the molecule is CCOC(=O)/C=C/c1ccc(NC(=O)Cc2ccc(-n3cccc3)cc2)cc1. The first-order valence-electron chi connectivity index (χ1n) is 9.11. The molecular formula is C23H22N2O3. The fourth-order valence-corrected chi connectivity index (χ4v) is 2.72. The van der Waals surface area contributed by atoms with Crippen LogP contribution in [0, 0.1) is 0 Å². The summed E-state index contributed by atoms with van der Waals surface area (Å²) in [5, 5.41) is 2.89. The Balaban J connectivity index is 1.54. The Hall–Kier alpha value is -3.60. The number of benzene rings is 2. The molecule has 0 aliphatic rings. The first-order valence-corrected chi connectivity index (χ1v) is 9.11. The number of carbonyl (C=O) groups excluding carboxylic acids is 2. The zero-order valence-corrected chi connectivity index (χ0v) is 15.7. The number of esters is 1. The zero-order valence-electron chi connectivity index (χ0n) is 15.7. The molecule has 5 heteroatoms. The summed E-state index contributed by atoms with van der Waals surface area (Å²) in [6.07, 6.45) is 7.32. The van der Waals surface area contributed by atoms with E-state index in [0.29, 0.717) is 18.7 Å². The molecule has 3 aromatic rings. The molecule has 3 rings (SSSR count). The smallest absolute Gasteiger partial charge is 0.330 e. The quantitative estimate of drug-likeness (QED) is 0.497. The van der Waals surface area contributed by atoms with Gasteiger partial charge in [-0.05, 0) is 60.5 Å². The second-order valence-corrected chi connectivity index (χ2v) is 6.19. The van der Waals surface area contributed by atoms with E-state index < -0.39 is 0 Å². The summed E-state index contributed by atoms with van der Waals surface area (Å²) in [4.78, 5) is 23.6. The van der Waals surface area contributed by atoms with Crippen LogP contribution >= 0.6 is 0 Å². The number of ether oxygens (including phenoxy) is 1. The molecule has 0 radical (unpaired) electrons. The fraction of sp³-hybridized carbons (Fsp3) is 0.130. The first-order chi connectivity index (χ1) is 13.6. The van der Waals surface area contributed by atoms with Crippen molar-refractivity contribution in [1.29, 1.82) is 0 Å². The molecule has 0 unspecified atom stereocenters. The van der Waals surface area contributed by atoms with Gasteiger partial charge in [0.15, 0.2) is 0 Å². The number of anilines is 1. The van der Waals surface area contributed by atoms with Crippen molar-refractivity contribution in [3.8, 4) is 5.69 Å². The third kappa shape index (κ3) is 5.45. The van der Waals surface area contributed by atoms with E-state index in [4.69, 9.17) is 4.74 Å². The van der Waals surface area contributed by atoms with Crippen molar-refractivity contribution in [2.24, 2.45) is 0 Å². The summed E-state index contributed by atoms with van der Waals surface area (Å²) in [5.41, 5.74) is 3.57. The van der Waals surface area contributed by atoms with Gasteiger partial charge in [-0.2, -0.15) is 0 Å². The number of nitrogens with one attached hydrogen (secondary N) is 1. The van der Waals surface area contributed by atoms with Crippen LogP contribution < -0.4 is 5.32 Å². The van der Waals surface area contributed by atoms with Crippen LogP contribution in [0.2, 0.25) is 0 Å². The van der Waals surface area contributed by atoms with E-state index >= 15 is 0 Å². The average molecular weight is 374 g/mol. The summed E-state index contributed by atoms with van der Waals surface area (Å²) in [7, 11) is 0. The molecule has 0 aliphatic carbocycles. The van der Waals surface area contributed by atoms with Crippen LogP contribution in [0.15, 0.2) is 79.1 Å². The Morgan fingerprint density at radius 1 is 1.00 bits per heavy atom. The van der Waals surface area contributed by atoms with Crippen molar-refractivity contribution < 1.29 is 14.3 Å². The van der Waals surface area contributed by atoms with Gasteiger partial charge >= 0.3 is 5.97 Å². The highest BCUT2D eigenvalue weighted by Gasteiger charge is 2.05. The lowest BCUT2D eigenvalue weighted by molar-refractivity contribution is -0.137. The van der Waals surface area contributed by atoms with Gasteiger partial charge in [0.2, 0.25) is 5.91 Å². The Morgan fingerprint density at radius 3 is 2.32 bits per heavy atom. The Morgan fingerprint density at radius 2 is 1.68 bits per heavy atom. The van der Waals surface area contributed by atoms with Crippen molar-refractivity contribution in [2.45, 2.75) is 13.3 Å². The molecule has 1 aromatic heterocycles. The highest BCUT2D eigenvalue weighted by Crippen LogP contribution is 2.13. The third-order valence-electron chi connectivity index (χ3n) is 4.10. The molecule has 0 saturated carbocycles. The van der Waals surface area contributed by atoms with E-state index in [1.807, 2.05) is 65.5 Å². The maximum Gasteiger partial charge on any atom is 0.330 e. The highest BCUT2D eigenvalue weighted by atomic mass is 16.5. The van der Waals surface area contributed by atoms with E-state index in [1.165, 1.54) is 6.08 Å². The monoisotopic (exact) mass is 374 g/mol. The molecule has 2 aromatic carbocycles. The Kier molecular flexibility index (Phi) is 6.41. The normalized spacial score (nSPS) is 10.8. The number of rotatable bonds is 7. The summed E-state index contributed by atoms with van der Waals surface area (Å²) in [6, 6.07) is 19.1. The predicted octanol–water partition coefficient (Wildman–Crippen LogP) is 4.23. The second kappa shape index (κ2) is 9.37. The van der Waals surface area contributed by atoms with Crippen molar-refractivity contribution in [2.75, 3.05) is 11.9 Å². The third-order valence-corrected chi connectivity index (χ3v) is 4.10. The Labute approximate surface area is 164 Å². The first kappa shape index (κ1) is 19.2. The molecule has 0 atom stereocenters. The van der Waals surface area contributed by atoms with Gasteiger partial charge in [0.05, 0.1) is 13.0 Å². The van der Waals surface area contributed by atoms with Crippen molar-refractivity contribution in [3.05, 3.63) is 90.3 Å². The molecule has 1 amide bonds. The minimum Gasteiger partial charge on any atom is -0.463 e. The molecule has 1 heterocycles. The number of amides is 1. The van der Waals surface area contributed by atoms with E-state index in [2.05, 4.69) is 5.32 Å². The summed E-state index contributed by atoms with van der Waals surface area (Å²) >= 11 is 0. The molecule has 0 aliphatic heterocycles. The Bertz CT molecular complexity index is 941. The molecule has 0 fully saturated rings. The van der Waals surface area contributed by atoms with E-state index in [1.54, 1.807) is 25.1 Å². The van der Waals surface area contributed by atoms with E-state index in [9.17, 15) is 9.59 Å². The molecule has 142 valence electrons. The summed E-state index contributed by atoms with van der Waals surface area (Å²) < 4.78 is 6.86. The minimum atomic E-state index is -0.373. The van der Waals surface area contributed by atoms with Gasteiger partial charge in [0, 0.05) is 29.8 Å². The lowest BCUT2D eigenvalue weighted by Gasteiger charge is -2.07. The van der Waals surface area contributed by atoms with Crippen LogP contribution in [0.5, 0.6) is 0 Å². The van der Waals surface area contributed by atoms with Crippen LogP contribution in [0.4, 0.5) is 5.69 Å². The number of nitrogens with zero attached hydrogens (tertiary/aromatic N) is 1. The van der Waals surface area contributed by atoms with Crippen LogP contribution in [-0.2, 0) is 20.7 Å². The van der Waals surface area contributed by atoms with E-state index in [0.717, 1.165) is 16.8 Å². The van der Waals surface area contributed by atoms with Gasteiger partial charge in [0.25, 0.3) is 0 Å². The van der Waals surface area contributed by atoms with E-state index in [-0.39, 0.29) is 11.9 Å². The number of aromatic nitrogens is 1. The summed E-state index contributed by atoms with van der Waals surface area (Å²) in [5.74, 6) is -0.453. The number of carbonyl (C=O) groups is 2. The van der Waals surface area contributed by atoms with Crippen molar-refractivity contribution in [3.63, 3.8) is 0 Å².